The highest BCUT2D eigenvalue weighted by Gasteiger charge is 2.64. The Kier molecular flexibility index (Phi) is 6.81. The fourth-order valence-corrected chi connectivity index (χ4v) is 13.7. The molecule has 32 heavy (non-hydrogen) atoms. The Hall–Kier alpha value is 0.660. The molecule has 1 saturated heterocycles. The molecular weight excluding hydrogens is 428 g/mol. The van der Waals surface area contributed by atoms with Gasteiger partial charge in [-0.05, 0) is 104 Å². The lowest BCUT2D eigenvalue weighted by Gasteiger charge is -2.63. The van der Waals surface area contributed by atoms with Gasteiger partial charge in [0.05, 0.1) is 10.2 Å². The molecule has 1 N–H and O–H groups in total. The lowest BCUT2D eigenvalue weighted by Crippen LogP contribution is -2.58. The van der Waals surface area contributed by atoms with E-state index < -0.39 is 0 Å². The summed E-state index contributed by atoms with van der Waals surface area (Å²) in [6, 6.07) is 0. The summed E-state index contributed by atoms with van der Waals surface area (Å²) in [7, 11) is 0. The van der Waals surface area contributed by atoms with Gasteiger partial charge in [0.25, 0.3) is 0 Å². The third kappa shape index (κ3) is 3.85. The van der Waals surface area contributed by atoms with Crippen LogP contribution in [0.3, 0.4) is 0 Å². The number of thioether (sulfide) groups is 2. The van der Waals surface area contributed by atoms with Crippen molar-refractivity contribution in [3.63, 3.8) is 0 Å². The van der Waals surface area contributed by atoms with Crippen molar-refractivity contribution in [2.45, 2.75) is 115 Å². The number of fused-ring (bicyclic) bond motifs is 5. The van der Waals surface area contributed by atoms with Crippen molar-refractivity contribution in [3.05, 3.63) is 0 Å². The molecule has 5 aliphatic rings. The maximum atomic E-state index is 11.2. The zero-order valence-electron chi connectivity index (χ0n) is 21.6. The molecule has 1 spiro atoms. The summed E-state index contributed by atoms with van der Waals surface area (Å²) >= 11 is 4.23. The molecule has 5 fully saturated rings. The molecule has 0 radical (unpaired) electrons. The molecule has 0 aromatic heterocycles. The number of hydrogen-bond donors (Lipinski definition) is 1. The first-order valence-corrected chi connectivity index (χ1v) is 16.1. The van der Waals surface area contributed by atoms with Crippen LogP contribution >= 0.6 is 23.5 Å². The van der Waals surface area contributed by atoms with Gasteiger partial charge in [-0.2, -0.15) is 0 Å². The Balaban J connectivity index is 1.33. The second-order valence-electron chi connectivity index (χ2n) is 13.6. The van der Waals surface area contributed by atoms with Crippen LogP contribution in [-0.2, 0) is 0 Å². The van der Waals surface area contributed by atoms with Crippen molar-refractivity contribution < 1.29 is 5.11 Å². The molecule has 1 nitrogen and oxygen atoms in total. The quantitative estimate of drug-likeness (QED) is 0.429. The summed E-state index contributed by atoms with van der Waals surface area (Å²) in [5, 5.41) is 11.2. The molecule has 184 valence electrons. The number of aliphatic hydroxyl groups is 1. The zero-order chi connectivity index (χ0) is 22.7. The smallest absolute Gasteiger partial charge is 0.0874 e. The average Bonchev–Trinajstić information content (AvgIpc) is 3.33. The summed E-state index contributed by atoms with van der Waals surface area (Å²) in [5.41, 5.74) is 1.07. The molecular formula is C29H50OS2. The van der Waals surface area contributed by atoms with Gasteiger partial charge >= 0.3 is 0 Å². The molecule has 5 rings (SSSR count). The average molecular weight is 479 g/mol. The van der Waals surface area contributed by atoms with E-state index in [1.807, 2.05) is 0 Å². The lowest BCUT2D eigenvalue weighted by atomic mass is 9.44. The molecule has 1 aliphatic heterocycles. The Morgan fingerprint density at radius 2 is 1.59 bits per heavy atom. The largest absolute Gasteiger partial charge is 0.391 e. The Bertz CT molecular complexity index is 672. The van der Waals surface area contributed by atoms with E-state index in [4.69, 9.17) is 0 Å². The van der Waals surface area contributed by atoms with E-state index in [2.05, 4.69) is 58.1 Å². The maximum Gasteiger partial charge on any atom is 0.0874 e. The van der Waals surface area contributed by atoms with Crippen LogP contribution < -0.4 is 0 Å². The molecule has 4 saturated carbocycles. The van der Waals surface area contributed by atoms with Crippen molar-refractivity contribution >= 4 is 23.5 Å². The predicted molar refractivity (Wildman–Crippen MR) is 142 cm³/mol. The standard InChI is InChI=1S/C29H50OS2/c1-19(2)7-6-8-20(3)23-11-12-24-22-10-9-21-17-26(30)29(31-15-16-32-29)18-28(21,5)25(22)13-14-27(23,24)4/h19-26,30H,6-18H2,1-5H3/t20-,21-,22-,23+,24-,25-,26+,27+,28-/m0/s1. The van der Waals surface area contributed by atoms with E-state index >= 15 is 0 Å². The highest BCUT2D eigenvalue weighted by Crippen LogP contribution is 2.71. The van der Waals surface area contributed by atoms with Crippen molar-refractivity contribution in [2.24, 2.45) is 52.3 Å². The molecule has 0 amide bonds. The van der Waals surface area contributed by atoms with Crippen LogP contribution in [0.4, 0.5) is 0 Å². The molecule has 3 heteroatoms. The lowest BCUT2D eigenvalue weighted by molar-refractivity contribution is -0.130. The van der Waals surface area contributed by atoms with Crippen molar-refractivity contribution in [1.82, 2.24) is 0 Å². The van der Waals surface area contributed by atoms with Crippen molar-refractivity contribution in [3.8, 4) is 0 Å². The summed E-state index contributed by atoms with van der Waals surface area (Å²) in [4.78, 5) is 0. The number of hydrogen-bond acceptors (Lipinski definition) is 3. The van der Waals surface area contributed by atoms with Gasteiger partial charge in [0.15, 0.2) is 0 Å². The highest BCUT2D eigenvalue weighted by molar-refractivity contribution is 8.21. The molecule has 0 bridgehead atoms. The Morgan fingerprint density at radius 1 is 0.875 bits per heavy atom. The first-order chi connectivity index (χ1) is 15.2. The topological polar surface area (TPSA) is 20.2 Å². The van der Waals surface area contributed by atoms with Crippen LogP contribution in [0.2, 0.25) is 0 Å². The second kappa shape index (κ2) is 8.95. The van der Waals surface area contributed by atoms with Crippen molar-refractivity contribution in [2.75, 3.05) is 11.5 Å². The van der Waals surface area contributed by atoms with E-state index in [0.29, 0.717) is 10.8 Å². The number of aliphatic hydroxyl groups excluding tert-OH is 1. The SMILES string of the molecule is CC(C)CCC[C@H](C)[C@H]1CC[C@H]2[C@@H]3CC[C@H]4C[C@@H](O)C5(C[C@]4(C)[C@H]3CC[C@]12C)SCCS5. The van der Waals surface area contributed by atoms with Gasteiger partial charge in [0.1, 0.15) is 0 Å². The van der Waals surface area contributed by atoms with Gasteiger partial charge in [0, 0.05) is 11.5 Å². The minimum atomic E-state index is -0.0777. The van der Waals surface area contributed by atoms with Gasteiger partial charge in [-0.15, -0.1) is 23.5 Å². The van der Waals surface area contributed by atoms with E-state index in [1.165, 1.54) is 75.7 Å². The normalized spacial score (nSPS) is 48.5. The van der Waals surface area contributed by atoms with Gasteiger partial charge in [-0.3, -0.25) is 0 Å². The first-order valence-electron chi connectivity index (χ1n) is 14.2. The summed E-state index contributed by atoms with van der Waals surface area (Å²) < 4.78 is 0.122. The minimum Gasteiger partial charge on any atom is -0.391 e. The highest BCUT2D eigenvalue weighted by atomic mass is 32.2. The van der Waals surface area contributed by atoms with Crippen LogP contribution in [0.1, 0.15) is 105 Å². The summed E-state index contributed by atoms with van der Waals surface area (Å²) in [6.07, 6.45) is 15.4. The monoisotopic (exact) mass is 478 g/mol. The summed E-state index contributed by atoms with van der Waals surface area (Å²) in [6.45, 7) is 12.8. The molecule has 0 unspecified atom stereocenters. The molecule has 0 aromatic carbocycles. The van der Waals surface area contributed by atoms with Gasteiger partial charge in [-0.25, -0.2) is 0 Å². The van der Waals surface area contributed by atoms with Crippen LogP contribution in [0, 0.1) is 52.3 Å². The van der Waals surface area contributed by atoms with Crippen LogP contribution in [0.15, 0.2) is 0 Å². The van der Waals surface area contributed by atoms with Crippen molar-refractivity contribution in [1.29, 1.82) is 0 Å². The van der Waals surface area contributed by atoms with E-state index in [1.54, 1.807) is 0 Å². The predicted octanol–water partition coefficient (Wildman–Crippen LogP) is 8.25. The molecule has 0 aromatic rings. The van der Waals surface area contributed by atoms with Crippen LogP contribution in [-0.4, -0.2) is 26.8 Å². The first kappa shape index (κ1) is 24.4. The third-order valence-corrected chi connectivity index (χ3v) is 15.3. The third-order valence-electron chi connectivity index (χ3n) is 11.7. The number of rotatable bonds is 5. The zero-order valence-corrected chi connectivity index (χ0v) is 23.2. The fourth-order valence-electron chi connectivity index (χ4n) is 10.1. The fraction of sp³-hybridized carbons (Fsp3) is 1.00. The van der Waals surface area contributed by atoms with E-state index in [0.717, 1.165) is 47.8 Å². The second-order valence-corrected chi connectivity index (χ2v) is 16.7. The minimum absolute atomic E-state index is 0.0777. The van der Waals surface area contributed by atoms with E-state index in [9.17, 15) is 5.11 Å². The van der Waals surface area contributed by atoms with Crippen LogP contribution in [0.25, 0.3) is 0 Å². The molecule has 1 heterocycles. The summed E-state index contributed by atoms with van der Waals surface area (Å²) in [5.74, 6) is 8.84. The van der Waals surface area contributed by atoms with Gasteiger partial charge < -0.3 is 5.11 Å². The maximum absolute atomic E-state index is 11.2. The van der Waals surface area contributed by atoms with Crippen LogP contribution in [0.5, 0.6) is 0 Å². The molecule has 4 aliphatic carbocycles. The Labute approximate surface area is 207 Å². The van der Waals surface area contributed by atoms with Gasteiger partial charge in [0.2, 0.25) is 0 Å². The van der Waals surface area contributed by atoms with E-state index in [-0.39, 0.29) is 10.2 Å². The van der Waals surface area contributed by atoms with Gasteiger partial charge in [-0.1, -0.05) is 53.9 Å². The Morgan fingerprint density at radius 3 is 2.31 bits per heavy atom. The molecule has 9 atom stereocenters.